The van der Waals surface area contributed by atoms with Gasteiger partial charge in [0.05, 0.1) is 18.8 Å². The zero-order valence-corrected chi connectivity index (χ0v) is 10.9. The molecule has 0 N–H and O–H groups in total. The highest BCUT2D eigenvalue weighted by Gasteiger charge is 2.39. The topological polar surface area (TPSA) is 65.1 Å². The zero-order chi connectivity index (χ0) is 13.2. The van der Waals surface area contributed by atoms with Crippen molar-refractivity contribution in [3.8, 4) is 0 Å². The van der Waals surface area contributed by atoms with Crippen molar-refractivity contribution >= 4 is 11.9 Å². The van der Waals surface area contributed by atoms with Gasteiger partial charge in [-0.2, -0.15) is 0 Å². The van der Waals surface area contributed by atoms with Crippen LogP contribution < -0.4 is 0 Å². The van der Waals surface area contributed by atoms with Crippen LogP contribution in [0.25, 0.3) is 0 Å². The molecule has 2 atom stereocenters. The van der Waals surface area contributed by atoms with E-state index in [0.29, 0.717) is 32.1 Å². The molecular weight excluding hydrogens is 236 g/mol. The number of rotatable bonds is 0. The van der Waals surface area contributed by atoms with Gasteiger partial charge in [-0.05, 0) is 26.7 Å². The Bertz CT molecular complexity index is 336. The van der Waals surface area contributed by atoms with Gasteiger partial charge < -0.3 is 14.2 Å². The van der Waals surface area contributed by atoms with Crippen LogP contribution in [-0.4, -0.2) is 36.4 Å². The molecule has 0 amide bonds. The molecule has 0 aromatic heterocycles. The van der Waals surface area contributed by atoms with E-state index in [1.54, 1.807) is 0 Å². The van der Waals surface area contributed by atoms with Gasteiger partial charge in [0.25, 0.3) is 0 Å². The number of carbonyl (C=O) groups excluding carboxylic acids is 2. The lowest BCUT2D eigenvalue weighted by atomic mass is 10.1. The van der Waals surface area contributed by atoms with Crippen LogP contribution in [-0.2, 0) is 23.8 Å². The number of fused-ring (bicyclic) bond motifs is 1. The number of ether oxygens (including phenoxy) is 3. The summed E-state index contributed by atoms with van der Waals surface area (Å²) in [5.41, 5.74) is -0.588. The van der Waals surface area contributed by atoms with E-state index in [-0.39, 0.29) is 30.8 Å². The Morgan fingerprint density at radius 2 is 1.67 bits per heavy atom. The Kier molecular flexibility index (Phi) is 3.90. The van der Waals surface area contributed by atoms with Crippen LogP contribution in [0.5, 0.6) is 0 Å². The summed E-state index contributed by atoms with van der Waals surface area (Å²) in [5.74, 6) is -0.412. The maximum Gasteiger partial charge on any atom is 0.306 e. The van der Waals surface area contributed by atoms with Gasteiger partial charge in [-0.25, -0.2) is 0 Å². The second-order valence-corrected chi connectivity index (χ2v) is 5.49. The van der Waals surface area contributed by atoms with Gasteiger partial charge in [0.1, 0.15) is 5.60 Å². The minimum absolute atomic E-state index is 0.106. The number of epoxide rings is 1. The van der Waals surface area contributed by atoms with Crippen molar-refractivity contribution in [1.29, 1.82) is 0 Å². The molecule has 5 heteroatoms. The quantitative estimate of drug-likeness (QED) is 0.486. The normalized spacial score (nSPS) is 33.0. The maximum atomic E-state index is 11.6. The Balaban J connectivity index is 1.92. The van der Waals surface area contributed by atoms with Crippen molar-refractivity contribution in [2.24, 2.45) is 0 Å². The Morgan fingerprint density at radius 1 is 1.06 bits per heavy atom. The molecule has 2 aliphatic rings. The van der Waals surface area contributed by atoms with Gasteiger partial charge in [0.15, 0.2) is 0 Å². The van der Waals surface area contributed by atoms with Crippen molar-refractivity contribution in [2.45, 2.75) is 63.8 Å². The highest BCUT2D eigenvalue weighted by atomic mass is 16.6. The predicted octanol–water partition coefficient (Wildman–Crippen LogP) is 1.58. The SMILES string of the molecule is CC1(C)CCOC(=O)CC[C@H]2O[C@@H]2CCC(=O)O1. The molecule has 0 unspecified atom stereocenters. The fourth-order valence-electron chi connectivity index (χ4n) is 2.10. The lowest BCUT2D eigenvalue weighted by Gasteiger charge is -2.24. The predicted molar refractivity (Wildman–Crippen MR) is 62.9 cm³/mol. The fraction of sp³-hybridized carbons (Fsp3) is 0.846. The number of esters is 2. The van der Waals surface area contributed by atoms with Gasteiger partial charge in [-0.15, -0.1) is 0 Å². The average Bonchev–Trinajstić information content (AvgIpc) is 3.00. The summed E-state index contributed by atoms with van der Waals surface area (Å²) >= 11 is 0. The van der Waals surface area contributed by atoms with Gasteiger partial charge in [-0.3, -0.25) is 9.59 Å². The number of carbonyl (C=O) groups is 2. The molecule has 0 aromatic carbocycles. The average molecular weight is 256 g/mol. The monoisotopic (exact) mass is 256 g/mol. The molecule has 0 aromatic rings. The summed E-state index contributed by atoms with van der Waals surface area (Å²) in [4.78, 5) is 23.1. The smallest absolute Gasteiger partial charge is 0.306 e. The van der Waals surface area contributed by atoms with Crippen LogP contribution in [0.1, 0.15) is 46.0 Å². The van der Waals surface area contributed by atoms with Crippen LogP contribution in [0.2, 0.25) is 0 Å². The van der Waals surface area contributed by atoms with E-state index in [1.165, 1.54) is 0 Å². The lowest BCUT2D eigenvalue weighted by Crippen LogP contribution is -2.30. The molecule has 0 bridgehead atoms. The molecule has 102 valence electrons. The first kappa shape index (κ1) is 13.3. The maximum absolute atomic E-state index is 11.6. The summed E-state index contributed by atoms with van der Waals surface area (Å²) in [5, 5.41) is 0. The Labute approximate surface area is 107 Å². The second-order valence-electron chi connectivity index (χ2n) is 5.49. The van der Waals surface area contributed by atoms with Crippen LogP contribution in [0, 0.1) is 0 Å². The first-order valence-corrected chi connectivity index (χ1v) is 6.49. The zero-order valence-electron chi connectivity index (χ0n) is 10.9. The highest BCUT2D eigenvalue weighted by molar-refractivity contribution is 5.70. The van der Waals surface area contributed by atoms with Crippen LogP contribution in [0.4, 0.5) is 0 Å². The molecule has 18 heavy (non-hydrogen) atoms. The van der Waals surface area contributed by atoms with E-state index in [4.69, 9.17) is 14.2 Å². The lowest BCUT2D eigenvalue weighted by molar-refractivity contribution is -0.159. The third-order valence-corrected chi connectivity index (χ3v) is 3.31. The van der Waals surface area contributed by atoms with Crippen LogP contribution in [0.3, 0.4) is 0 Å². The van der Waals surface area contributed by atoms with E-state index in [0.717, 1.165) is 0 Å². The first-order chi connectivity index (χ1) is 8.46. The van der Waals surface area contributed by atoms with Crippen molar-refractivity contribution in [2.75, 3.05) is 6.61 Å². The Morgan fingerprint density at radius 3 is 2.33 bits per heavy atom. The fourth-order valence-corrected chi connectivity index (χ4v) is 2.10. The standard InChI is InChI=1S/C13H20O5/c1-13(2)7-8-16-11(14)5-3-9-10(17-9)4-6-12(15)18-13/h9-10H,3-8H2,1-2H3/t9-,10-/m1/s1. The molecule has 2 heterocycles. The summed E-state index contributed by atoms with van der Waals surface area (Å²) in [7, 11) is 0. The molecule has 2 saturated heterocycles. The van der Waals surface area contributed by atoms with Crippen molar-refractivity contribution in [3.63, 3.8) is 0 Å². The summed E-state index contributed by atoms with van der Waals surface area (Å²) in [6.45, 7) is 3.94. The van der Waals surface area contributed by atoms with Crippen molar-refractivity contribution in [3.05, 3.63) is 0 Å². The molecule has 2 aliphatic heterocycles. The Hall–Kier alpha value is -1.10. The highest BCUT2D eigenvalue weighted by Crippen LogP contribution is 2.31. The molecule has 0 radical (unpaired) electrons. The number of cyclic esters (lactones) is 2. The number of hydrogen-bond donors (Lipinski definition) is 0. The molecule has 0 aliphatic carbocycles. The second kappa shape index (κ2) is 5.26. The van der Waals surface area contributed by atoms with E-state index >= 15 is 0 Å². The molecule has 2 fully saturated rings. The van der Waals surface area contributed by atoms with Crippen molar-refractivity contribution in [1.82, 2.24) is 0 Å². The minimum Gasteiger partial charge on any atom is -0.466 e. The largest absolute Gasteiger partial charge is 0.466 e. The summed E-state index contributed by atoms with van der Waals surface area (Å²) in [6.07, 6.45) is 2.86. The van der Waals surface area contributed by atoms with Gasteiger partial charge in [0, 0.05) is 19.3 Å². The minimum atomic E-state index is -0.588. The summed E-state index contributed by atoms with van der Waals surface area (Å²) in [6, 6.07) is 0. The van der Waals surface area contributed by atoms with Gasteiger partial charge >= 0.3 is 11.9 Å². The number of hydrogen-bond acceptors (Lipinski definition) is 5. The van der Waals surface area contributed by atoms with Crippen LogP contribution in [0.15, 0.2) is 0 Å². The van der Waals surface area contributed by atoms with Crippen LogP contribution >= 0.6 is 0 Å². The van der Waals surface area contributed by atoms with E-state index in [1.807, 2.05) is 13.8 Å². The summed E-state index contributed by atoms with van der Waals surface area (Å²) < 4.78 is 15.9. The van der Waals surface area contributed by atoms with E-state index in [9.17, 15) is 9.59 Å². The van der Waals surface area contributed by atoms with E-state index in [2.05, 4.69) is 0 Å². The third-order valence-electron chi connectivity index (χ3n) is 3.31. The third kappa shape index (κ3) is 3.98. The molecular formula is C13H20O5. The molecule has 0 saturated carbocycles. The van der Waals surface area contributed by atoms with Crippen molar-refractivity contribution < 1.29 is 23.8 Å². The molecule has 2 rings (SSSR count). The first-order valence-electron chi connectivity index (χ1n) is 6.49. The van der Waals surface area contributed by atoms with Gasteiger partial charge in [-0.1, -0.05) is 0 Å². The molecule has 0 spiro atoms. The van der Waals surface area contributed by atoms with E-state index < -0.39 is 5.60 Å². The molecule has 5 nitrogen and oxygen atoms in total. The van der Waals surface area contributed by atoms with Gasteiger partial charge in [0.2, 0.25) is 0 Å².